The summed E-state index contributed by atoms with van der Waals surface area (Å²) in [5, 5.41) is 2.90. The van der Waals surface area contributed by atoms with Crippen LogP contribution in [0.3, 0.4) is 0 Å². The fraction of sp³-hybridized carbons (Fsp3) is 0.444. The van der Waals surface area contributed by atoms with Crippen LogP contribution in [0.1, 0.15) is 18.4 Å². The van der Waals surface area contributed by atoms with E-state index in [0.29, 0.717) is 18.3 Å². The summed E-state index contributed by atoms with van der Waals surface area (Å²) in [4.78, 5) is 24.5. The molecule has 1 saturated carbocycles. The van der Waals surface area contributed by atoms with Gasteiger partial charge in [-0.3, -0.25) is 4.79 Å². The minimum atomic E-state index is -0.622. The van der Waals surface area contributed by atoms with Gasteiger partial charge in [0, 0.05) is 12.3 Å². The summed E-state index contributed by atoms with van der Waals surface area (Å²) < 4.78 is 4.84. The molecule has 0 radical (unpaired) electrons. The molecule has 2 bridgehead atoms. The molecule has 2 aliphatic rings. The molecule has 0 saturated heterocycles. The van der Waals surface area contributed by atoms with E-state index in [1.165, 1.54) is 7.11 Å². The van der Waals surface area contributed by atoms with Crippen LogP contribution in [0.25, 0.3) is 0 Å². The molecule has 4 atom stereocenters. The predicted molar refractivity (Wildman–Crippen MR) is 82.9 cm³/mol. The van der Waals surface area contributed by atoms with Gasteiger partial charge in [0.2, 0.25) is 5.91 Å². The second-order valence-corrected chi connectivity index (χ2v) is 6.16. The number of carbonyl (C=O) groups is 2. The van der Waals surface area contributed by atoms with Gasteiger partial charge in [-0.05, 0) is 30.2 Å². The standard InChI is InChI=1S/C18H21NO3/c1-22-18(21)16(11-12-5-3-2-4-6-12)19-17(20)15-10-13-7-8-14(15)9-13/h2-8,13-16H,9-11H2,1H3,(H,19,20)/t13-,14+,15-,16-/m0/s1. The third kappa shape index (κ3) is 3.06. The first-order valence-corrected chi connectivity index (χ1v) is 7.78. The van der Waals surface area contributed by atoms with E-state index in [1.807, 2.05) is 30.3 Å². The third-order valence-electron chi connectivity index (χ3n) is 4.70. The average molecular weight is 299 g/mol. The lowest BCUT2D eigenvalue weighted by molar-refractivity contribution is -0.145. The summed E-state index contributed by atoms with van der Waals surface area (Å²) in [6.45, 7) is 0. The first-order valence-electron chi connectivity index (χ1n) is 7.78. The highest BCUT2D eigenvalue weighted by Crippen LogP contribution is 2.43. The van der Waals surface area contributed by atoms with E-state index >= 15 is 0 Å². The summed E-state index contributed by atoms with van der Waals surface area (Å²) in [5.74, 6) is 0.448. The molecule has 4 heteroatoms. The number of methoxy groups -OCH3 is 1. The second-order valence-electron chi connectivity index (χ2n) is 6.16. The number of benzene rings is 1. The van der Waals surface area contributed by atoms with Crippen molar-refractivity contribution in [3.63, 3.8) is 0 Å². The zero-order chi connectivity index (χ0) is 15.5. The van der Waals surface area contributed by atoms with Gasteiger partial charge >= 0.3 is 5.97 Å². The van der Waals surface area contributed by atoms with Gasteiger partial charge in [-0.25, -0.2) is 4.79 Å². The van der Waals surface area contributed by atoms with Crippen molar-refractivity contribution >= 4 is 11.9 Å². The quantitative estimate of drug-likeness (QED) is 0.669. The fourth-order valence-corrected chi connectivity index (χ4v) is 3.55. The fourth-order valence-electron chi connectivity index (χ4n) is 3.55. The molecular weight excluding hydrogens is 278 g/mol. The molecule has 22 heavy (non-hydrogen) atoms. The van der Waals surface area contributed by atoms with Crippen molar-refractivity contribution in [3.8, 4) is 0 Å². The van der Waals surface area contributed by atoms with E-state index in [0.717, 1.165) is 18.4 Å². The molecule has 0 unspecified atom stereocenters. The van der Waals surface area contributed by atoms with E-state index in [-0.39, 0.29) is 11.8 Å². The number of allylic oxidation sites excluding steroid dienone is 2. The number of carbonyl (C=O) groups excluding carboxylic acids is 2. The van der Waals surface area contributed by atoms with Gasteiger partial charge in [0.05, 0.1) is 7.11 Å². The van der Waals surface area contributed by atoms with Crippen LogP contribution in [0, 0.1) is 17.8 Å². The van der Waals surface area contributed by atoms with Crippen molar-refractivity contribution in [2.24, 2.45) is 17.8 Å². The summed E-state index contributed by atoms with van der Waals surface area (Å²) >= 11 is 0. The highest BCUT2D eigenvalue weighted by Gasteiger charge is 2.40. The van der Waals surface area contributed by atoms with Crippen LogP contribution >= 0.6 is 0 Å². The number of hydrogen-bond acceptors (Lipinski definition) is 3. The van der Waals surface area contributed by atoms with Crippen molar-refractivity contribution in [1.82, 2.24) is 5.32 Å². The number of fused-ring (bicyclic) bond motifs is 2. The highest BCUT2D eigenvalue weighted by molar-refractivity contribution is 5.86. The molecule has 1 amide bonds. The van der Waals surface area contributed by atoms with Crippen LogP contribution in [0.2, 0.25) is 0 Å². The summed E-state index contributed by atoms with van der Waals surface area (Å²) in [5.41, 5.74) is 1.01. The summed E-state index contributed by atoms with van der Waals surface area (Å²) in [6, 6.07) is 9.04. The first kappa shape index (κ1) is 14.8. The van der Waals surface area contributed by atoms with Gasteiger partial charge in [0.1, 0.15) is 6.04 Å². The molecule has 2 aliphatic carbocycles. The molecule has 116 valence electrons. The van der Waals surface area contributed by atoms with Gasteiger partial charge in [-0.15, -0.1) is 0 Å². The van der Waals surface area contributed by atoms with Crippen molar-refractivity contribution in [3.05, 3.63) is 48.0 Å². The number of hydrogen-bond donors (Lipinski definition) is 1. The lowest BCUT2D eigenvalue weighted by Crippen LogP contribution is -2.46. The van der Waals surface area contributed by atoms with E-state index in [9.17, 15) is 9.59 Å². The molecule has 1 aromatic rings. The van der Waals surface area contributed by atoms with Crippen LogP contribution in [0.4, 0.5) is 0 Å². The molecule has 0 aromatic heterocycles. The summed E-state index contributed by atoms with van der Waals surface area (Å²) in [6.07, 6.45) is 6.76. The molecule has 1 N–H and O–H groups in total. The minimum absolute atomic E-state index is 0.00192. The van der Waals surface area contributed by atoms with E-state index < -0.39 is 12.0 Å². The lowest BCUT2D eigenvalue weighted by atomic mass is 9.92. The molecule has 4 nitrogen and oxygen atoms in total. The normalized spacial score (nSPS) is 26.7. The maximum Gasteiger partial charge on any atom is 0.328 e. The number of ether oxygens (including phenoxy) is 1. The molecule has 0 aliphatic heterocycles. The highest BCUT2D eigenvalue weighted by atomic mass is 16.5. The Balaban J connectivity index is 1.66. The van der Waals surface area contributed by atoms with Crippen LogP contribution in [0.15, 0.2) is 42.5 Å². The lowest BCUT2D eigenvalue weighted by Gasteiger charge is -2.22. The maximum absolute atomic E-state index is 12.5. The Morgan fingerprint density at radius 3 is 2.59 bits per heavy atom. The predicted octanol–water partition coefficient (Wildman–Crippen LogP) is 2.10. The molecule has 3 rings (SSSR count). The Morgan fingerprint density at radius 2 is 2.00 bits per heavy atom. The zero-order valence-electron chi connectivity index (χ0n) is 12.7. The molecule has 1 aromatic carbocycles. The third-order valence-corrected chi connectivity index (χ3v) is 4.70. The topological polar surface area (TPSA) is 55.4 Å². The monoisotopic (exact) mass is 299 g/mol. The van der Waals surface area contributed by atoms with Gasteiger partial charge in [-0.1, -0.05) is 42.5 Å². The largest absolute Gasteiger partial charge is 0.467 e. The average Bonchev–Trinajstić information content (AvgIpc) is 3.17. The van der Waals surface area contributed by atoms with E-state index in [4.69, 9.17) is 4.74 Å². The van der Waals surface area contributed by atoms with Gasteiger partial charge in [-0.2, -0.15) is 0 Å². The SMILES string of the molecule is COC(=O)[C@H](Cc1ccccc1)NC(=O)[C@H]1C[C@H]2C=C[C@@H]1C2. The Morgan fingerprint density at radius 1 is 1.23 bits per heavy atom. The Labute approximate surface area is 130 Å². The van der Waals surface area contributed by atoms with E-state index in [1.54, 1.807) is 0 Å². The minimum Gasteiger partial charge on any atom is -0.467 e. The van der Waals surface area contributed by atoms with Crippen LogP contribution in [-0.2, 0) is 20.7 Å². The van der Waals surface area contributed by atoms with E-state index in [2.05, 4.69) is 17.5 Å². The molecule has 0 heterocycles. The second kappa shape index (κ2) is 6.34. The van der Waals surface area contributed by atoms with Crippen molar-refractivity contribution in [1.29, 1.82) is 0 Å². The number of rotatable bonds is 5. The van der Waals surface area contributed by atoms with Crippen LogP contribution < -0.4 is 5.32 Å². The van der Waals surface area contributed by atoms with Crippen LogP contribution in [-0.4, -0.2) is 25.0 Å². The number of amides is 1. The Kier molecular flexibility index (Phi) is 4.27. The van der Waals surface area contributed by atoms with Crippen molar-refractivity contribution < 1.29 is 14.3 Å². The molecule has 0 spiro atoms. The van der Waals surface area contributed by atoms with Crippen molar-refractivity contribution in [2.75, 3.05) is 7.11 Å². The van der Waals surface area contributed by atoms with Gasteiger partial charge in [0.15, 0.2) is 0 Å². The van der Waals surface area contributed by atoms with Gasteiger partial charge < -0.3 is 10.1 Å². The first-order chi connectivity index (χ1) is 10.7. The van der Waals surface area contributed by atoms with Crippen molar-refractivity contribution in [2.45, 2.75) is 25.3 Å². The summed E-state index contributed by atoms with van der Waals surface area (Å²) in [7, 11) is 1.35. The molecule has 1 fully saturated rings. The number of nitrogens with one attached hydrogen (secondary N) is 1. The molecular formula is C18H21NO3. The Hall–Kier alpha value is -2.10. The number of esters is 1. The Bertz CT molecular complexity index is 581. The smallest absolute Gasteiger partial charge is 0.328 e. The van der Waals surface area contributed by atoms with Crippen LogP contribution in [0.5, 0.6) is 0 Å². The zero-order valence-corrected chi connectivity index (χ0v) is 12.7. The van der Waals surface area contributed by atoms with Gasteiger partial charge in [0.25, 0.3) is 0 Å². The maximum atomic E-state index is 12.5.